The van der Waals surface area contributed by atoms with Crippen molar-refractivity contribution in [3.05, 3.63) is 29.3 Å². The smallest absolute Gasteiger partial charge is 0.369 e. The first-order valence-electron chi connectivity index (χ1n) is 7.11. The van der Waals surface area contributed by atoms with Crippen LogP contribution in [0.4, 0.5) is 18.9 Å². The Morgan fingerprint density at radius 1 is 1.36 bits per heavy atom. The molecule has 1 atom stereocenters. The molecule has 1 amide bonds. The molecular weight excluding hydrogens is 297 g/mol. The maximum atomic E-state index is 12.8. The lowest BCUT2D eigenvalue weighted by Gasteiger charge is -2.15. The van der Waals surface area contributed by atoms with Crippen molar-refractivity contribution in [2.75, 3.05) is 11.9 Å². The SMILES string of the molecule is CCCCOC(C)C(=O)Nc1cc(CN)cc(C(F)(F)F)c1. The molecule has 0 spiro atoms. The van der Waals surface area contributed by atoms with Crippen molar-refractivity contribution in [2.45, 2.75) is 45.5 Å². The molecule has 0 aliphatic rings. The van der Waals surface area contributed by atoms with Crippen LogP contribution in [0.1, 0.15) is 37.8 Å². The molecule has 0 saturated heterocycles. The van der Waals surface area contributed by atoms with E-state index in [0.717, 1.165) is 25.0 Å². The minimum atomic E-state index is -4.49. The highest BCUT2D eigenvalue weighted by Crippen LogP contribution is 2.32. The number of halogens is 3. The van der Waals surface area contributed by atoms with Gasteiger partial charge in [0.05, 0.1) is 5.56 Å². The Kier molecular flexibility index (Phi) is 6.83. The third-order valence-corrected chi connectivity index (χ3v) is 3.06. The van der Waals surface area contributed by atoms with Gasteiger partial charge in [0.25, 0.3) is 5.91 Å². The first-order chi connectivity index (χ1) is 10.3. The molecule has 0 fully saturated rings. The van der Waals surface area contributed by atoms with Crippen molar-refractivity contribution in [3.63, 3.8) is 0 Å². The lowest BCUT2D eigenvalue weighted by Crippen LogP contribution is -2.28. The maximum absolute atomic E-state index is 12.8. The average Bonchev–Trinajstić information content (AvgIpc) is 2.46. The van der Waals surface area contributed by atoms with E-state index in [9.17, 15) is 18.0 Å². The minimum Gasteiger partial charge on any atom is -0.369 e. The van der Waals surface area contributed by atoms with Crippen molar-refractivity contribution in [1.29, 1.82) is 0 Å². The number of alkyl halides is 3. The Balaban J connectivity index is 2.81. The van der Waals surface area contributed by atoms with Gasteiger partial charge in [0, 0.05) is 18.8 Å². The monoisotopic (exact) mass is 318 g/mol. The summed E-state index contributed by atoms with van der Waals surface area (Å²) in [5.41, 5.74) is 4.91. The highest BCUT2D eigenvalue weighted by Gasteiger charge is 2.31. The number of hydrogen-bond donors (Lipinski definition) is 2. The number of carbonyl (C=O) groups is 1. The second kappa shape index (κ2) is 8.14. The van der Waals surface area contributed by atoms with E-state index in [1.165, 1.54) is 6.07 Å². The van der Waals surface area contributed by atoms with Gasteiger partial charge in [0.15, 0.2) is 0 Å². The van der Waals surface area contributed by atoms with Gasteiger partial charge in [0.2, 0.25) is 0 Å². The van der Waals surface area contributed by atoms with Crippen LogP contribution in [0.15, 0.2) is 18.2 Å². The molecule has 0 heterocycles. The molecule has 1 aromatic rings. The molecule has 0 aromatic heterocycles. The summed E-state index contributed by atoms with van der Waals surface area (Å²) in [4.78, 5) is 11.9. The van der Waals surface area contributed by atoms with Crippen LogP contribution in [0.5, 0.6) is 0 Å². The van der Waals surface area contributed by atoms with Crippen LogP contribution in [0, 0.1) is 0 Å². The molecule has 0 bridgehead atoms. The number of benzene rings is 1. The zero-order valence-electron chi connectivity index (χ0n) is 12.7. The molecule has 1 unspecified atom stereocenters. The van der Waals surface area contributed by atoms with Crippen LogP contribution < -0.4 is 11.1 Å². The van der Waals surface area contributed by atoms with Gasteiger partial charge < -0.3 is 15.8 Å². The number of rotatable bonds is 7. The molecule has 1 rings (SSSR count). The lowest BCUT2D eigenvalue weighted by molar-refractivity contribution is -0.137. The van der Waals surface area contributed by atoms with E-state index < -0.39 is 23.8 Å². The van der Waals surface area contributed by atoms with Crippen LogP contribution in [0.25, 0.3) is 0 Å². The maximum Gasteiger partial charge on any atom is 0.416 e. The predicted molar refractivity (Wildman–Crippen MR) is 78.3 cm³/mol. The molecule has 0 aliphatic carbocycles. The molecule has 4 nitrogen and oxygen atoms in total. The second-order valence-corrected chi connectivity index (χ2v) is 4.98. The minimum absolute atomic E-state index is 0.0463. The molecule has 0 saturated carbocycles. The van der Waals surface area contributed by atoms with E-state index in [2.05, 4.69) is 5.32 Å². The van der Waals surface area contributed by atoms with E-state index in [0.29, 0.717) is 12.2 Å². The van der Waals surface area contributed by atoms with Crippen molar-refractivity contribution in [3.8, 4) is 0 Å². The van der Waals surface area contributed by atoms with Crippen LogP contribution in [-0.2, 0) is 22.3 Å². The fraction of sp³-hybridized carbons (Fsp3) is 0.533. The number of unbranched alkanes of at least 4 members (excludes halogenated alkanes) is 1. The van der Waals surface area contributed by atoms with Gasteiger partial charge in [0.1, 0.15) is 6.10 Å². The van der Waals surface area contributed by atoms with Gasteiger partial charge in [-0.1, -0.05) is 13.3 Å². The number of hydrogen-bond acceptors (Lipinski definition) is 3. The number of carbonyl (C=O) groups excluding carboxylic acids is 1. The van der Waals surface area contributed by atoms with Crippen LogP contribution in [0.2, 0.25) is 0 Å². The summed E-state index contributed by atoms with van der Waals surface area (Å²) in [7, 11) is 0. The Bertz CT molecular complexity index is 504. The van der Waals surface area contributed by atoms with Gasteiger partial charge in [-0.25, -0.2) is 0 Å². The second-order valence-electron chi connectivity index (χ2n) is 4.98. The summed E-state index contributed by atoms with van der Waals surface area (Å²) < 4.78 is 43.7. The van der Waals surface area contributed by atoms with E-state index in [-0.39, 0.29) is 12.2 Å². The molecule has 0 radical (unpaired) electrons. The van der Waals surface area contributed by atoms with Crippen molar-refractivity contribution < 1.29 is 22.7 Å². The lowest BCUT2D eigenvalue weighted by atomic mass is 10.1. The highest BCUT2D eigenvalue weighted by molar-refractivity contribution is 5.94. The van der Waals surface area contributed by atoms with E-state index in [1.54, 1.807) is 6.92 Å². The molecule has 124 valence electrons. The summed E-state index contributed by atoms with van der Waals surface area (Å²) in [5, 5.41) is 2.44. The first kappa shape index (κ1) is 18.4. The number of nitrogens with two attached hydrogens (primary N) is 1. The standard InChI is InChI=1S/C15H21F3N2O2/c1-3-4-5-22-10(2)14(21)20-13-7-11(9-19)6-12(8-13)15(16,17)18/h6-8,10H,3-5,9,19H2,1-2H3,(H,20,21). The van der Waals surface area contributed by atoms with Crippen molar-refractivity contribution >= 4 is 11.6 Å². The predicted octanol–water partition coefficient (Wildman–Crippen LogP) is 3.31. The molecule has 7 heteroatoms. The van der Waals surface area contributed by atoms with E-state index >= 15 is 0 Å². The summed E-state index contributed by atoms with van der Waals surface area (Å²) in [6, 6.07) is 3.28. The topological polar surface area (TPSA) is 64.3 Å². The Morgan fingerprint density at radius 3 is 2.59 bits per heavy atom. The van der Waals surface area contributed by atoms with Crippen LogP contribution >= 0.6 is 0 Å². The normalized spacial score (nSPS) is 13.0. The van der Waals surface area contributed by atoms with Crippen LogP contribution in [-0.4, -0.2) is 18.6 Å². The van der Waals surface area contributed by atoms with Crippen molar-refractivity contribution in [2.24, 2.45) is 5.73 Å². The largest absolute Gasteiger partial charge is 0.416 e. The van der Waals surface area contributed by atoms with E-state index in [1.807, 2.05) is 6.92 Å². The summed E-state index contributed by atoms with van der Waals surface area (Å²) in [6.45, 7) is 3.94. The molecule has 1 aromatic carbocycles. The number of amides is 1. The molecular formula is C15H21F3N2O2. The third-order valence-electron chi connectivity index (χ3n) is 3.06. The number of anilines is 1. The fourth-order valence-corrected chi connectivity index (χ4v) is 1.77. The highest BCUT2D eigenvalue weighted by atomic mass is 19.4. The van der Waals surface area contributed by atoms with Gasteiger partial charge in [-0.05, 0) is 37.1 Å². The number of ether oxygens (including phenoxy) is 1. The summed E-state index contributed by atoms with van der Waals surface area (Å²) in [5.74, 6) is -0.488. The summed E-state index contributed by atoms with van der Waals surface area (Å²) in [6.07, 6.45) is -3.48. The van der Waals surface area contributed by atoms with Gasteiger partial charge >= 0.3 is 6.18 Å². The first-order valence-corrected chi connectivity index (χ1v) is 7.11. The Hall–Kier alpha value is -1.60. The zero-order chi connectivity index (χ0) is 16.8. The average molecular weight is 318 g/mol. The molecule has 3 N–H and O–H groups in total. The summed E-state index contributed by atoms with van der Waals surface area (Å²) >= 11 is 0. The quantitative estimate of drug-likeness (QED) is 0.758. The Labute approximate surface area is 127 Å². The Morgan fingerprint density at radius 2 is 2.05 bits per heavy atom. The molecule has 0 aliphatic heterocycles. The van der Waals surface area contributed by atoms with Gasteiger partial charge in [-0.15, -0.1) is 0 Å². The number of nitrogens with one attached hydrogen (secondary N) is 1. The zero-order valence-corrected chi connectivity index (χ0v) is 12.7. The fourth-order valence-electron chi connectivity index (χ4n) is 1.77. The van der Waals surface area contributed by atoms with Crippen LogP contribution in [0.3, 0.4) is 0 Å². The third kappa shape index (κ3) is 5.65. The van der Waals surface area contributed by atoms with Crippen molar-refractivity contribution in [1.82, 2.24) is 0 Å². The van der Waals surface area contributed by atoms with Gasteiger partial charge in [-0.3, -0.25) is 4.79 Å². The van der Waals surface area contributed by atoms with E-state index in [4.69, 9.17) is 10.5 Å². The van der Waals surface area contributed by atoms with Gasteiger partial charge in [-0.2, -0.15) is 13.2 Å². The molecule has 22 heavy (non-hydrogen) atoms.